The minimum absolute atomic E-state index is 0.0325. The molecule has 0 saturated carbocycles. The Morgan fingerprint density at radius 3 is 2.38 bits per heavy atom. The van der Waals surface area contributed by atoms with Gasteiger partial charge < -0.3 is 15.1 Å². The molecule has 2 aromatic rings. The summed E-state index contributed by atoms with van der Waals surface area (Å²) in [6, 6.07) is 12.5. The van der Waals surface area contributed by atoms with Gasteiger partial charge in [0.25, 0.3) is 11.7 Å². The zero-order valence-electron chi connectivity index (χ0n) is 13.5. The van der Waals surface area contributed by atoms with Crippen molar-refractivity contribution in [2.24, 2.45) is 0 Å². The standard InChI is InChI=1S/C19H15Cl2NO4/c20-12-6-7-13(14(21)10-12)17(24)15-16(11-4-2-1-3-5-11)22(8-9-23)19(26)18(15)25/h1-7,10,16,23-24H,8-9H2. The number of likely N-dealkylation sites (tertiary alicyclic amines) is 1. The van der Waals surface area contributed by atoms with Gasteiger partial charge in [-0.15, -0.1) is 0 Å². The summed E-state index contributed by atoms with van der Waals surface area (Å²) in [4.78, 5) is 26.3. The number of nitrogens with zero attached hydrogens (tertiary/aromatic N) is 1. The summed E-state index contributed by atoms with van der Waals surface area (Å²) in [6.45, 7) is -0.340. The van der Waals surface area contributed by atoms with E-state index in [1.54, 1.807) is 30.3 Å². The average molecular weight is 392 g/mol. The summed E-state index contributed by atoms with van der Waals surface area (Å²) in [5, 5.41) is 20.6. The van der Waals surface area contributed by atoms with E-state index in [0.29, 0.717) is 10.6 Å². The number of β-amino-alcohol motifs (C(OH)–C–C–N with tert-alkyl or cyclic N) is 1. The maximum absolute atomic E-state index is 12.6. The topological polar surface area (TPSA) is 77.8 Å². The second kappa shape index (κ2) is 7.50. The Bertz CT molecular complexity index is 896. The van der Waals surface area contributed by atoms with Crippen LogP contribution in [0.4, 0.5) is 0 Å². The summed E-state index contributed by atoms with van der Waals surface area (Å²) in [5.74, 6) is -1.98. The zero-order valence-corrected chi connectivity index (χ0v) is 15.0. The van der Waals surface area contributed by atoms with Crippen molar-refractivity contribution >= 4 is 40.7 Å². The van der Waals surface area contributed by atoms with Crippen LogP contribution in [0.15, 0.2) is 54.1 Å². The van der Waals surface area contributed by atoms with Crippen molar-refractivity contribution in [3.8, 4) is 0 Å². The highest BCUT2D eigenvalue weighted by Crippen LogP contribution is 2.40. The van der Waals surface area contributed by atoms with Crippen LogP contribution in [0.5, 0.6) is 0 Å². The van der Waals surface area contributed by atoms with Gasteiger partial charge >= 0.3 is 0 Å². The zero-order chi connectivity index (χ0) is 18.8. The van der Waals surface area contributed by atoms with Crippen LogP contribution in [0.1, 0.15) is 17.2 Å². The van der Waals surface area contributed by atoms with Gasteiger partial charge in [0.05, 0.1) is 23.2 Å². The SMILES string of the molecule is O=C1C(=O)N(CCO)C(c2ccccc2)C1=C(O)c1ccc(Cl)cc1Cl. The van der Waals surface area contributed by atoms with Crippen LogP contribution in [-0.4, -0.2) is 40.0 Å². The molecule has 0 aliphatic carbocycles. The van der Waals surface area contributed by atoms with Gasteiger partial charge in [0.1, 0.15) is 5.76 Å². The second-order valence-electron chi connectivity index (χ2n) is 5.75. The Morgan fingerprint density at radius 1 is 1.08 bits per heavy atom. The summed E-state index contributed by atoms with van der Waals surface area (Å²) in [5.41, 5.74) is 0.782. The number of Topliss-reactive ketones (excluding diaryl/α,β-unsaturated/α-hetero) is 1. The van der Waals surface area contributed by atoms with Crippen molar-refractivity contribution in [3.63, 3.8) is 0 Å². The minimum atomic E-state index is -0.823. The first kappa shape index (κ1) is 18.5. The first-order valence-electron chi connectivity index (χ1n) is 7.85. The van der Waals surface area contributed by atoms with Crippen molar-refractivity contribution in [2.75, 3.05) is 13.2 Å². The highest BCUT2D eigenvalue weighted by molar-refractivity contribution is 6.47. The Balaban J connectivity index is 2.21. The summed E-state index contributed by atoms with van der Waals surface area (Å²) in [6.07, 6.45) is 0. The lowest BCUT2D eigenvalue weighted by Gasteiger charge is -2.24. The Kier molecular flexibility index (Phi) is 5.32. The number of aliphatic hydroxyl groups is 2. The fourth-order valence-corrected chi connectivity index (χ4v) is 3.52. The molecule has 2 aromatic carbocycles. The predicted octanol–water partition coefficient (Wildman–Crippen LogP) is 3.41. The highest BCUT2D eigenvalue weighted by atomic mass is 35.5. The van der Waals surface area contributed by atoms with Gasteiger partial charge in [0.2, 0.25) is 0 Å². The molecule has 1 aliphatic rings. The Labute approximate surface area is 160 Å². The molecule has 7 heteroatoms. The van der Waals surface area contributed by atoms with Crippen LogP contribution in [-0.2, 0) is 9.59 Å². The molecular weight excluding hydrogens is 377 g/mol. The maximum Gasteiger partial charge on any atom is 0.295 e. The maximum atomic E-state index is 12.6. The molecule has 1 atom stereocenters. The quantitative estimate of drug-likeness (QED) is 0.475. The molecule has 5 nitrogen and oxygen atoms in total. The number of carbonyl (C=O) groups is 2. The molecule has 0 spiro atoms. The Hall–Kier alpha value is -2.34. The molecule has 0 bridgehead atoms. The van der Waals surface area contributed by atoms with E-state index in [2.05, 4.69) is 0 Å². The van der Waals surface area contributed by atoms with E-state index in [1.807, 2.05) is 0 Å². The largest absolute Gasteiger partial charge is 0.507 e. The van der Waals surface area contributed by atoms with Gasteiger partial charge in [-0.3, -0.25) is 9.59 Å². The third kappa shape index (κ3) is 3.21. The van der Waals surface area contributed by atoms with E-state index < -0.39 is 17.7 Å². The third-order valence-corrected chi connectivity index (χ3v) is 4.73. The minimum Gasteiger partial charge on any atom is -0.507 e. The molecule has 1 amide bonds. The molecule has 1 unspecified atom stereocenters. The van der Waals surface area contributed by atoms with Gasteiger partial charge in [0, 0.05) is 17.1 Å². The number of benzene rings is 2. The third-order valence-electron chi connectivity index (χ3n) is 4.18. The molecular formula is C19H15Cl2NO4. The fourth-order valence-electron chi connectivity index (χ4n) is 3.03. The normalized spacial score (nSPS) is 19.2. The van der Waals surface area contributed by atoms with Crippen molar-refractivity contribution < 1.29 is 19.8 Å². The number of rotatable bonds is 4. The van der Waals surface area contributed by atoms with Gasteiger partial charge in [-0.1, -0.05) is 53.5 Å². The van der Waals surface area contributed by atoms with Gasteiger partial charge in [-0.25, -0.2) is 0 Å². The number of carbonyl (C=O) groups excluding carboxylic acids is 2. The van der Waals surface area contributed by atoms with Crippen molar-refractivity contribution in [3.05, 3.63) is 75.3 Å². The van der Waals surface area contributed by atoms with Crippen LogP contribution >= 0.6 is 23.2 Å². The van der Waals surface area contributed by atoms with Gasteiger partial charge in [-0.2, -0.15) is 0 Å². The van der Waals surface area contributed by atoms with Crippen LogP contribution < -0.4 is 0 Å². The molecule has 0 aromatic heterocycles. The molecule has 1 fully saturated rings. The average Bonchev–Trinajstić information content (AvgIpc) is 2.87. The van der Waals surface area contributed by atoms with E-state index in [0.717, 1.165) is 0 Å². The van der Waals surface area contributed by atoms with Crippen LogP contribution in [0.2, 0.25) is 10.0 Å². The van der Waals surface area contributed by atoms with Crippen molar-refractivity contribution in [1.82, 2.24) is 4.90 Å². The predicted molar refractivity (Wildman–Crippen MR) is 99.0 cm³/mol. The lowest BCUT2D eigenvalue weighted by atomic mass is 9.95. The molecule has 3 rings (SSSR count). The van der Waals surface area contributed by atoms with E-state index in [4.69, 9.17) is 23.2 Å². The van der Waals surface area contributed by atoms with E-state index in [-0.39, 0.29) is 35.1 Å². The molecule has 26 heavy (non-hydrogen) atoms. The molecule has 1 heterocycles. The first-order valence-corrected chi connectivity index (χ1v) is 8.61. The van der Waals surface area contributed by atoms with E-state index >= 15 is 0 Å². The first-order chi connectivity index (χ1) is 12.5. The van der Waals surface area contributed by atoms with Gasteiger partial charge in [0.15, 0.2) is 0 Å². The Morgan fingerprint density at radius 2 is 1.77 bits per heavy atom. The molecule has 1 saturated heterocycles. The summed E-state index contributed by atoms with van der Waals surface area (Å²) >= 11 is 12.0. The van der Waals surface area contributed by atoms with Crippen LogP contribution in [0, 0.1) is 0 Å². The summed E-state index contributed by atoms with van der Waals surface area (Å²) in [7, 11) is 0. The van der Waals surface area contributed by atoms with Gasteiger partial charge in [-0.05, 0) is 23.8 Å². The molecule has 2 N–H and O–H groups in total. The summed E-state index contributed by atoms with van der Waals surface area (Å²) < 4.78 is 0. The van der Waals surface area contributed by atoms with E-state index in [9.17, 15) is 19.8 Å². The number of amides is 1. The number of ketones is 1. The lowest BCUT2D eigenvalue weighted by Crippen LogP contribution is -2.32. The van der Waals surface area contributed by atoms with Crippen LogP contribution in [0.3, 0.4) is 0 Å². The van der Waals surface area contributed by atoms with Crippen molar-refractivity contribution in [2.45, 2.75) is 6.04 Å². The smallest absolute Gasteiger partial charge is 0.295 e. The number of hydrogen-bond acceptors (Lipinski definition) is 4. The molecule has 0 radical (unpaired) electrons. The number of hydrogen-bond donors (Lipinski definition) is 2. The number of halogens is 2. The van der Waals surface area contributed by atoms with E-state index in [1.165, 1.54) is 23.1 Å². The van der Waals surface area contributed by atoms with Crippen molar-refractivity contribution in [1.29, 1.82) is 0 Å². The fraction of sp³-hybridized carbons (Fsp3) is 0.158. The molecule has 134 valence electrons. The lowest BCUT2D eigenvalue weighted by molar-refractivity contribution is -0.140. The molecule has 1 aliphatic heterocycles. The number of aliphatic hydroxyl groups excluding tert-OH is 2. The highest BCUT2D eigenvalue weighted by Gasteiger charge is 2.45. The second-order valence-corrected chi connectivity index (χ2v) is 6.59. The van der Waals surface area contributed by atoms with Crippen LogP contribution in [0.25, 0.3) is 5.76 Å². The monoisotopic (exact) mass is 391 g/mol.